The molecule has 0 aromatic heterocycles. The summed E-state index contributed by atoms with van der Waals surface area (Å²) in [6, 6.07) is 25.0. The molecule has 4 nitrogen and oxygen atoms in total. The minimum absolute atomic E-state index is 0.0885. The quantitative estimate of drug-likeness (QED) is 0.472. The fourth-order valence-electron chi connectivity index (χ4n) is 3.59. The van der Waals surface area contributed by atoms with Gasteiger partial charge in [0.15, 0.2) is 0 Å². The van der Waals surface area contributed by atoms with E-state index < -0.39 is 5.38 Å². The number of alkyl halides is 1. The van der Waals surface area contributed by atoms with Crippen molar-refractivity contribution in [1.82, 2.24) is 0 Å². The molecule has 2 unspecified atom stereocenters. The Kier molecular flexibility index (Phi) is 6.64. The Morgan fingerprint density at radius 1 is 1.10 bits per heavy atom. The standard InChI is InChI=1S/C25H23ClN2O2S/c1-2-17-7-6-10-21(15-17)28-22(29)16-31-25(28)19-11-13-20(14-12-19)27-24(30)23(26)18-8-4-3-5-9-18/h3-15,23,25H,2,16H2,1H3,(H,27,30). The van der Waals surface area contributed by atoms with E-state index in [1.54, 1.807) is 11.8 Å². The molecule has 31 heavy (non-hydrogen) atoms. The fourth-order valence-corrected chi connectivity index (χ4v) is 4.96. The Morgan fingerprint density at radius 2 is 1.84 bits per heavy atom. The van der Waals surface area contributed by atoms with Gasteiger partial charge >= 0.3 is 0 Å². The zero-order valence-electron chi connectivity index (χ0n) is 17.1. The fraction of sp³-hybridized carbons (Fsp3) is 0.200. The van der Waals surface area contributed by atoms with E-state index in [2.05, 4.69) is 24.4 Å². The van der Waals surface area contributed by atoms with E-state index in [1.807, 2.05) is 71.6 Å². The van der Waals surface area contributed by atoms with E-state index in [0.29, 0.717) is 11.4 Å². The first-order chi connectivity index (χ1) is 15.1. The van der Waals surface area contributed by atoms with Gasteiger partial charge in [-0.2, -0.15) is 0 Å². The first-order valence-corrected chi connectivity index (χ1v) is 11.7. The minimum atomic E-state index is -0.759. The number of carbonyl (C=O) groups is 2. The van der Waals surface area contributed by atoms with E-state index in [-0.39, 0.29) is 17.2 Å². The molecule has 1 saturated heterocycles. The maximum Gasteiger partial charge on any atom is 0.246 e. The van der Waals surface area contributed by atoms with Crippen molar-refractivity contribution < 1.29 is 9.59 Å². The van der Waals surface area contributed by atoms with Crippen LogP contribution in [0.5, 0.6) is 0 Å². The van der Waals surface area contributed by atoms with E-state index in [4.69, 9.17) is 11.6 Å². The van der Waals surface area contributed by atoms with Gasteiger partial charge in [-0.1, -0.05) is 61.5 Å². The lowest BCUT2D eigenvalue weighted by molar-refractivity contribution is -0.116. The SMILES string of the molecule is CCc1cccc(N2C(=O)CSC2c2ccc(NC(=O)C(Cl)c3ccccc3)cc2)c1. The van der Waals surface area contributed by atoms with Crippen molar-refractivity contribution in [3.05, 3.63) is 95.6 Å². The molecular weight excluding hydrogens is 428 g/mol. The summed E-state index contributed by atoms with van der Waals surface area (Å²) in [7, 11) is 0. The molecule has 2 amide bonds. The lowest BCUT2D eigenvalue weighted by atomic mass is 10.1. The molecule has 0 radical (unpaired) electrons. The van der Waals surface area contributed by atoms with Crippen LogP contribution in [0, 0.1) is 0 Å². The number of hydrogen-bond donors (Lipinski definition) is 1. The lowest BCUT2D eigenvalue weighted by Crippen LogP contribution is -2.27. The second-order valence-electron chi connectivity index (χ2n) is 7.34. The first-order valence-electron chi connectivity index (χ1n) is 10.2. The van der Waals surface area contributed by atoms with Crippen molar-refractivity contribution in [1.29, 1.82) is 0 Å². The number of halogens is 1. The number of carbonyl (C=O) groups excluding carboxylic acids is 2. The molecular formula is C25H23ClN2O2S. The van der Waals surface area contributed by atoms with E-state index in [9.17, 15) is 9.59 Å². The van der Waals surface area contributed by atoms with Crippen molar-refractivity contribution in [2.75, 3.05) is 16.0 Å². The topological polar surface area (TPSA) is 49.4 Å². The van der Waals surface area contributed by atoms with Crippen LogP contribution in [0.3, 0.4) is 0 Å². The number of benzene rings is 3. The Balaban J connectivity index is 1.49. The predicted octanol–water partition coefficient (Wildman–Crippen LogP) is 5.95. The number of thioether (sulfide) groups is 1. The molecule has 1 aliphatic rings. The summed E-state index contributed by atoms with van der Waals surface area (Å²) in [5.41, 5.74) is 4.56. The summed E-state index contributed by atoms with van der Waals surface area (Å²) < 4.78 is 0. The van der Waals surface area contributed by atoms with Gasteiger partial charge < -0.3 is 5.32 Å². The van der Waals surface area contributed by atoms with Crippen LogP contribution >= 0.6 is 23.4 Å². The number of rotatable bonds is 6. The van der Waals surface area contributed by atoms with Crippen LogP contribution in [0.4, 0.5) is 11.4 Å². The summed E-state index contributed by atoms with van der Waals surface area (Å²) in [5, 5.41) is 2.02. The number of aryl methyl sites for hydroxylation is 1. The van der Waals surface area contributed by atoms with Gasteiger partial charge in [0.05, 0.1) is 5.75 Å². The van der Waals surface area contributed by atoms with Crippen LogP contribution in [0.2, 0.25) is 0 Å². The molecule has 3 aromatic carbocycles. The van der Waals surface area contributed by atoms with E-state index >= 15 is 0 Å². The molecule has 1 N–H and O–H groups in total. The van der Waals surface area contributed by atoms with Crippen LogP contribution in [0.1, 0.15) is 34.4 Å². The molecule has 0 bridgehead atoms. The second kappa shape index (κ2) is 9.58. The highest BCUT2D eigenvalue weighted by Crippen LogP contribution is 2.42. The average Bonchev–Trinajstić information content (AvgIpc) is 3.21. The van der Waals surface area contributed by atoms with Crippen LogP contribution in [-0.2, 0) is 16.0 Å². The normalized spacial score (nSPS) is 16.9. The highest BCUT2D eigenvalue weighted by molar-refractivity contribution is 8.00. The molecule has 3 aromatic rings. The predicted molar refractivity (Wildman–Crippen MR) is 129 cm³/mol. The zero-order chi connectivity index (χ0) is 21.8. The van der Waals surface area contributed by atoms with Gasteiger partial charge in [0.1, 0.15) is 10.8 Å². The maximum atomic E-state index is 12.6. The molecule has 1 heterocycles. The summed E-state index contributed by atoms with van der Waals surface area (Å²) in [4.78, 5) is 27.0. The monoisotopic (exact) mass is 450 g/mol. The number of anilines is 2. The summed E-state index contributed by atoms with van der Waals surface area (Å²) >= 11 is 7.92. The summed E-state index contributed by atoms with van der Waals surface area (Å²) in [5.74, 6) is 0.280. The zero-order valence-corrected chi connectivity index (χ0v) is 18.7. The summed E-state index contributed by atoms with van der Waals surface area (Å²) in [6.07, 6.45) is 0.923. The molecule has 0 saturated carbocycles. The minimum Gasteiger partial charge on any atom is -0.325 e. The van der Waals surface area contributed by atoms with Gasteiger partial charge in [-0.05, 0) is 47.4 Å². The Bertz CT molecular complexity index is 1070. The molecule has 1 fully saturated rings. The van der Waals surface area contributed by atoms with Crippen LogP contribution < -0.4 is 10.2 Å². The molecule has 6 heteroatoms. The largest absolute Gasteiger partial charge is 0.325 e. The third kappa shape index (κ3) is 4.78. The van der Waals surface area contributed by atoms with Gasteiger partial charge in [-0.3, -0.25) is 14.5 Å². The molecule has 0 aliphatic carbocycles. The number of amides is 2. The van der Waals surface area contributed by atoms with Gasteiger partial charge in [0, 0.05) is 11.4 Å². The van der Waals surface area contributed by atoms with Crippen molar-refractivity contribution in [2.24, 2.45) is 0 Å². The van der Waals surface area contributed by atoms with Crippen molar-refractivity contribution in [2.45, 2.75) is 24.1 Å². The van der Waals surface area contributed by atoms with Gasteiger partial charge in [0.25, 0.3) is 0 Å². The van der Waals surface area contributed by atoms with Crippen LogP contribution in [0.15, 0.2) is 78.9 Å². The summed E-state index contributed by atoms with van der Waals surface area (Å²) in [6.45, 7) is 2.10. The van der Waals surface area contributed by atoms with E-state index in [0.717, 1.165) is 23.2 Å². The van der Waals surface area contributed by atoms with Gasteiger partial charge in [-0.15, -0.1) is 23.4 Å². The third-order valence-electron chi connectivity index (χ3n) is 5.25. The van der Waals surface area contributed by atoms with Crippen molar-refractivity contribution in [3.63, 3.8) is 0 Å². The first kappa shape index (κ1) is 21.5. The smallest absolute Gasteiger partial charge is 0.246 e. The van der Waals surface area contributed by atoms with Gasteiger partial charge in [0.2, 0.25) is 11.8 Å². The Labute approximate surface area is 191 Å². The Morgan fingerprint density at radius 3 is 2.55 bits per heavy atom. The van der Waals surface area contributed by atoms with Crippen LogP contribution in [-0.4, -0.2) is 17.6 Å². The van der Waals surface area contributed by atoms with Crippen LogP contribution in [0.25, 0.3) is 0 Å². The lowest BCUT2D eigenvalue weighted by Gasteiger charge is -2.25. The highest BCUT2D eigenvalue weighted by atomic mass is 35.5. The van der Waals surface area contributed by atoms with Gasteiger partial charge in [-0.25, -0.2) is 0 Å². The van der Waals surface area contributed by atoms with Crippen molar-refractivity contribution >= 4 is 46.6 Å². The molecule has 2 atom stereocenters. The Hall–Kier alpha value is -2.76. The maximum absolute atomic E-state index is 12.6. The molecule has 0 spiro atoms. The third-order valence-corrected chi connectivity index (χ3v) is 6.91. The highest BCUT2D eigenvalue weighted by Gasteiger charge is 2.34. The number of nitrogens with zero attached hydrogens (tertiary/aromatic N) is 1. The number of hydrogen-bond acceptors (Lipinski definition) is 3. The molecule has 4 rings (SSSR count). The number of nitrogens with one attached hydrogen (secondary N) is 1. The second-order valence-corrected chi connectivity index (χ2v) is 8.84. The average molecular weight is 451 g/mol. The van der Waals surface area contributed by atoms with Crippen molar-refractivity contribution in [3.8, 4) is 0 Å². The molecule has 1 aliphatic heterocycles. The van der Waals surface area contributed by atoms with E-state index in [1.165, 1.54) is 5.56 Å². The molecule has 158 valence electrons.